The Morgan fingerprint density at radius 3 is 2.08 bits per heavy atom. The minimum absolute atomic E-state index is 0.0271. The predicted octanol–water partition coefficient (Wildman–Crippen LogP) is 7.10. The van der Waals surface area contributed by atoms with Crippen molar-refractivity contribution in [3.05, 3.63) is 100.0 Å². The number of hydrogen-bond acceptors (Lipinski definition) is 3. The van der Waals surface area contributed by atoms with E-state index in [1.54, 1.807) is 30.3 Å². The smallest absolute Gasteiger partial charge is 0.308 e. The summed E-state index contributed by atoms with van der Waals surface area (Å²) in [4.78, 5) is 14.5. The van der Waals surface area contributed by atoms with Gasteiger partial charge in [0.05, 0.1) is 28.4 Å². The van der Waals surface area contributed by atoms with Crippen molar-refractivity contribution in [2.24, 2.45) is 0 Å². The molecule has 1 aromatic heterocycles. The Kier molecular flexibility index (Phi) is 7.20. The molecule has 0 bridgehead atoms. The minimum Gasteiger partial charge on any atom is -0.308 e. The van der Waals surface area contributed by atoms with Gasteiger partial charge in [-0.1, -0.05) is 47.1 Å². The molecule has 1 amide bonds. The number of hydrogen-bond donors (Lipinski definition) is 0. The second kappa shape index (κ2) is 10.1. The second-order valence-corrected chi connectivity index (χ2v) is 8.59. The fourth-order valence-electron chi connectivity index (χ4n) is 3.75. The van der Waals surface area contributed by atoms with Crippen LogP contribution in [0.2, 0.25) is 5.02 Å². The van der Waals surface area contributed by atoms with Gasteiger partial charge in [0.15, 0.2) is 5.69 Å². The average Bonchev–Trinajstić information content (AvgIpc) is 3.25. The summed E-state index contributed by atoms with van der Waals surface area (Å²) in [7, 11) is 1.34. The molecule has 4 rings (SSSR count). The summed E-state index contributed by atoms with van der Waals surface area (Å²) in [6.07, 6.45) is -10.1. The highest BCUT2D eigenvalue weighted by Gasteiger charge is 2.37. The van der Waals surface area contributed by atoms with Gasteiger partial charge in [0.25, 0.3) is 5.91 Å². The third-order valence-electron chi connectivity index (χ3n) is 5.54. The van der Waals surface area contributed by atoms with E-state index in [4.69, 9.17) is 11.6 Å². The number of alkyl halides is 6. The van der Waals surface area contributed by atoms with Crippen molar-refractivity contribution in [2.45, 2.75) is 18.9 Å². The highest BCUT2D eigenvalue weighted by atomic mass is 35.5. The number of carbonyl (C=O) groups is 1. The van der Waals surface area contributed by atoms with E-state index in [1.807, 2.05) is 0 Å². The SMILES string of the molecule is CN(C(=O)c1nnn(Cc2cc(C(F)(F)F)cc(C(F)(F)F)c2)c1-c1ccccc1)c1ccc(F)cc1Cl. The molecule has 13 heteroatoms. The largest absolute Gasteiger partial charge is 0.416 e. The van der Waals surface area contributed by atoms with Gasteiger partial charge in [0.2, 0.25) is 0 Å². The van der Waals surface area contributed by atoms with Crippen LogP contribution in [0.15, 0.2) is 66.7 Å². The predicted molar refractivity (Wildman–Crippen MR) is 125 cm³/mol. The van der Waals surface area contributed by atoms with Gasteiger partial charge >= 0.3 is 12.4 Å². The van der Waals surface area contributed by atoms with Gasteiger partial charge in [-0.25, -0.2) is 9.07 Å². The van der Waals surface area contributed by atoms with Crippen molar-refractivity contribution in [1.29, 1.82) is 0 Å². The van der Waals surface area contributed by atoms with E-state index >= 15 is 0 Å². The quantitative estimate of drug-likeness (QED) is 0.246. The number of halogens is 8. The van der Waals surface area contributed by atoms with Gasteiger partial charge in [-0.05, 0) is 42.0 Å². The Hall–Kier alpha value is -3.93. The third kappa shape index (κ3) is 5.64. The van der Waals surface area contributed by atoms with Gasteiger partial charge in [-0.2, -0.15) is 26.3 Å². The third-order valence-corrected chi connectivity index (χ3v) is 5.84. The summed E-state index contributed by atoms with van der Waals surface area (Å²) in [6, 6.07) is 12.6. The van der Waals surface area contributed by atoms with Gasteiger partial charge in [0, 0.05) is 12.6 Å². The molecule has 38 heavy (non-hydrogen) atoms. The molecule has 0 N–H and O–H groups in total. The molecule has 4 aromatic rings. The summed E-state index contributed by atoms with van der Waals surface area (Å²) in [5, 5.41) is 7.68. The van der Waals surface area contributed by atoms with Crippen molar-refractivity contribution in [3.8, 4) is 11.3 Å². The maximum absolute atomic E-state index is 13.5. The molecule has 198 valence electrons. The lowest BCUT2D eigenvalue weighted by atomic mass is 10.0. The summed E-state index contributed by atoms with van der Waals surface area (Å²) in [5.74, 6) is -1.38. The van der Waals surface area contributed by atoms with Crippen LogP contribution in [-0.2, 0) is 18.9 Å². The highest BCUT2D eigenvalue weighted by Crippen LogP contribution is 2.37. The molecule has 0 aliphatic rings. The number of aromatic nitrogens is 3. The molecule has 0 atom stereocenters. The summed E-state index contributed by atoms with van der Waals surface area (Å²) >= 11 is 6.07. The van der Waals surface area contributed by atoms with Crippen LogP contribution in [0.3, 0.4) is 0 Å². The van der Waals surface area contributed by atoms with E-state index in [-0.39, 0.29) is 33.7 Å². The normalized spacial score (nSPS) is 12.0. The molecule has 3 aromatic carbocycles. The van der Waals surface area contributed by atoms with E-state index in [2.05, 4.69) is 10.3 Å². The number of nitrogens with zero attached hydrogens (tertiary/aromatic N) is 4. The molecule has 0 saturated heterocycles. The average molecular weight is 557 g/mol. The van der Waals surface area contributed by atoms with Crippen LogP contribution < -0.4 is 4.90 Å². The Balaban J connectivity index is 1.81. The van der Waals surface area contributed by atoms with Gasteiger partial charge in [-0.15, -0.1) is 5.10 Å². The Labute approximate surface area is 216 Å². The van der Waals surface area contributed by atoms with Crippen LogP contribution in [0.5, 0.6) is 0 Å². The lowest BCUT2D eigenvalue weighted by molar-refractivity contribution is -0.143. The first-order chi connectivity index (χ1) is 17.8. The molecule has 0 radical (unpaired) electrons. The number of rotatable bonds is 5. The molecule has 0 fully saturated rings. The molecule has 0 saturated carbocycles. The summed E-state index contributed by atoms with van der Waals surface area (Å²) in [5.41, 5.74) is -3.00. The summed E-state index contributed by atoms with van der Waals surface area (Å²) < 4.78 is 94.6. The first kappa shape index (κ1) is 27.1. The minimum atomic E-state index is -5.03. The van der Waals surface area contributed by atoms with Crippen molar-refractivity contribution in [2.75, 3.05) is 11.9 Å². The van der Waals surface area contributed by atoms with Gasteiger partial charge in [-0.3, -0.25) is 4.79 Å². The second-order valence-electron chi connectivity index (χ2n) is 8.18. The van der Waals surface area contributed by atoms with Crippen LogP contribution in [0, 0.1) is 5.82 Å². The van der Waals surface area contributed by atoms with Crippen LogP contribution in [0.25, 0.3) is 11.3 Å². The Morgan fingerprint density at radius 1 is 0.921 bits per heavy atom. The number of anilines is 1. The molecule has 5 nitrogen and oxygen atoms in total. The monoisotopic (exact) mass is 556 g/mol. The molecule has 1 heterocycles. The van der Waals surface area contributed by atoms with Gasteiger partial charge < -0.3 is 4.90 Å². The van der Waals surface area contributed by atoms with Crippen LogP contribution >= 0.6 is 11.6 Å². The van der Waals surface area contributed by atoms with Crippen molar-refractivity contribution in [3.63, 3.8) is 0 Å². The lowest BCUT2D eigenvalue weighted by Crippen LogP contribution is -2.27. The zero-order valence-corrected chi connectivity index (χ0v) is 20.0. The molecule has 0 spiro atoms. The Morgan fingerprint density at radius 2 is 1.53 bits per heavy atom. The molecule has 0 aliphatic carbocycles. The van der Waals surface area contributed by atoms with Gasteiger partial charge in [0.1, 0.15) is 11.5 Å². The lowest BCUT2D eigenvalue weighted by Gasteiger charge is -2.18. The van der Waals surface area contributed by atoms with E-state index in [9.17, 15) is 35.5 Å². The van der Waals surface area contributed by atoms with E-state index in [1.165, 1.54) is 13.1 Å². The molecule has 0 aliphatic heterocycles. The standard InChI is InChI=1S/C25H16ClF7N4O/c1-36(20-8-7-18(27)12-19(20)26)23(38)21-22(15-5-3-2-4-6-15)37(35-34-21)13-14-9-16(24(28,29)30)11-17(10-14)25(31,32)33/h2-12H,13H2,1H3. The fourth-order valence-corrected chi connectivity index (χ4v) is 4.05. The number of benzene rings is 3. The first-order valence-electron chi connectivity index (χ1n) is 10.8. The maximum atomic E-state index is 13.5. The van der Waals surface area contributed by atoms with Crippen LogP contribution in [-0.4, -0.2) is 27.9 Å². The highest BCUT2D eigenvalue weighted by molar-refractivity contribution is 6.34. The van der Waals surface area contributed by atoms with Crippen LogP contribution in [0.4, 0.5) is 36.4 Å². The molecule has 0 unspecified atom stereocenters. The maximum Gasteiger partial charge on any atom is 0.416 e. The van der Waals surface area contributed by atoms with E-state index < -0.39 is 41.7 Å². The fraction of sp³-hybridized carbons (Fsp3) is 0.160. The zero-order chi connectivity index (χ0) is 27.8. The first-order valence-corrected chi connectivity index (χ1v) is 11.1. The molecular weight excluding hydrogens is 541 g/mol. The topological polar surface area (TPSA) is 51.0 Å². The van der Waals surface area contributed by atoms with Crippen LogP contribution in [0.1, 0.15) is 27.2 Å². The van der Waals surface area contributed by atoms with Crippen molar-refractivity contribution in [1.82, 2.24) is 15.0 Å². The van der Waals surface area contributed by atoms with E-state index in [0.717, 1.165) is 21.7 Å². The number of carbonyl (C=O) groups excluding carboxylic acids is 1. The van der Waals surface area contributed by atoms with Crippen molar-refractivity contribution >= 4 is 23.2 Å². The summed E-state index contributed by atoms with van der Waals surface area (Å²) in [6.45, 7) is -0.557. The Bertz CT molecular complexity index is 1450. The van der Waals surface area contributed by atoms with E-state index in [0.29, 0.717) is 17.7 Å². The molecular formula is C25H16ClF7N4O. The zero-order valence-electron chi connectivity index (χ0n) is 19.3. The number of amides is 1. The van der Waals surface area contributed by atoms with Crippen molar-refractivity contribution < 1.29 is 35.5 Å².